The molecule has 132 valence electrons. The number of aromatic hydroxyl groups is 2. The number of benzene rings is 2. The Morgan fingerprint density at radius 1 is 1.08 bits per heavy atom. The first-order chi connectivity index (χ1) is 12.0. The molecular formula is C19H21ClN2O3. The van der Waals surface area contributed by atoms with Crippen LogP contribution >= 0.6 is 11.6 Å². The molecule has 1 atom stereocenters. The van der Waals surface area contributed by atoms with E-state index in [4.69, 9.17) is 11.6 Å². The van der Waals surface area contributed by atoms with E-state index in [1.165, 1.54) is 18.2 Å². The molecule has 0 saturated heterocycles. The summed E-state index contributed by atoms with van der Waals surface area (Å²) >= 11 is 6.11. The van der Waals surface area contributed by atoms with Crippen LogP contribution < -0.4 is 10.6 Å². The highest BCUT2D eigenvalue weighted by molar-refractivity contribution is 6.30. The van der Waals surface area contributed by atoms with Crippen LogP contribution in [0.15, 0.2) is 42.5 Å². The molecule has 0 bridgehead atoms. The Morgan fingerprint density at radius 3 is 2.36 bits per heavy atom. The molecule has 3 rings (SSSR count). The summed E-state index contributed by atoms with van der Waals surface area (Å²) in [5.74, 6) is -0.0344. The molecule has 2 amide bonds. The second kappa shape index (κ2) is 7.66. The molecule has 0 aromatic heterocycles. The van der Waals surface area contributed by atoms with Crippen molar-refractivity contribution in [3.05, 3.63) is 53.1 Å². The summed E-state index contributed by atoms with van der Waals surface area (Å²) in [7, 11) is 0. The molecule has 2 aromatic carbocycles. The van der Waals surface area contributed by atoms with Gasteiger partial charge in [0.25, 0.3) is 0 Å². The smallest absolute Gasteiger partial charge is 0.319 e. The van der Waals surface area contributed by atoms with Crippen molar-refractivity contribution in [3.63, 3.8) is 0 Å². The van der Waals surface area contributed by atoms with Gasteiger partial charge in [0.2, 0.25) is 0 Å². The largest absolute Gasteiger partial charge is 0.506 e. The van der Waals surface area contributed by atoms with Gasteiger partial charge in [-0.15, -0.1) is 0 Å². The van der Waals surface area contributed by atoms with Gasteiger partial charge in [-0.3, -0.25) is 0 Å². The maximum Gasteiger partial charge on any atom is 0.319 e. The third kappa shape index (κ3) is 4.17. The van der Waals surface area contributed by atoms with Gasteiger partial charge in [-0.2, -0.15) is 0 Å². The van der Waals surface area contributed by atoms with E-state index in [1.54, 1.807) is 6.07 Å². The first-order valence-electron chi connectivity index (χ1n) is 8.38. The Kier molecular flexibility index (Phi) is 5.34. The predicted octanol–water partition coefficient (Wildman–Crippen LogP) is 4.80. The van der Waals surface area contributed by atoms with E-state index < -0.39 is 6.03 Å². The molecule has 2 aromatic rings. The minimum Gasteiger partial charge on any atom is -0.506 e. The van der Waals surface area contributed by atoms with E-state index in [0.717, 1.165) is 31.2 Å². The second-order valence-corrected chi connectivity index (χ2v) is 6.78. The van der Waals surface area contributed by atoms with Crippen molar-refractivity contribution in [2.24, 2.45) is 5.92 Å². The van der Waals surface area contributed by atoms with E-state index in [9.17, 15) is 15.0 Å². The molecule has 0 aliphatic heterocycles. The number of phenolic OH excluding ortho intramolecular Hbond substituents is 2. The van der Waals surface area contributed by atoms with Crippen LogP contribution in [0.3, 0.4) is 0 Å². The number of halogens is 1. The number of carbonyl (C=O) groups is 1. The average Bonchev–Trinajstić information content (AvgIpc) is 3.10. The van der Waals surface area contributed by atoms with Crippen molar-refractivity contribution >= 4 is 23.3 Å². The Hall–Kier alpha value is -2.40. The van der Waals surface area contributed by atoms with Gasteiger partial charge in [-0.25, -0.2) is 4.79 Å². The van der Waals surface area contributed by atoms with E-state index in [1.807, 2.05) is 18.2 Å². The lowest BCUT2D eigenvalue weighted by Gasteiger charge is -2.25. The zero-order chi connectivity index (χ0) is 17.8. The minimum absolute atomic E-state index is 0.00346. The highest BCUT2D eigenvalue weighted by atomic mass is 35.5. The SMILES string of the molecule is O=C(Nc1c(O)cccc1O)N[C@H](c1cccc(Cl)c1)C1CCCC1. The monoisotopic (exact) mass is 360 g/mol. The van der Waals surface area contributed by atoms with Gasteiger partial charge < -0.3 is 20.8 Å². The number of carbonyl (C=O) groups excluding carboxylic acids is 1. The summed E-state index contributed by atoms with van der Waals surface area (Å²) in [5.41, 5.74) is 0.951. The first kappa shape index (κ1) is 17.4. The standard InChI is InChI=1S/C19H21ClN2O3/c20-14-8-3-7-13(11-14)17(12-5-1-2-6-12)21-19(25)22-18-15(23)9-4-10-16(18)24/h3-4,7-12,17,23-24H,1-2,5-6H2,(H2,21,22,25)/t17-/m0/s1. The lowest BCUT2D eigenvalue weighted by molar-refractivity contribution is 0.242. The molecular weight excluding hydrogens is 340 g/mol. The maximum atomic E-state index is 12.5. The molecule has 1 saturated carbocycles. The summed E-state index contributed by atoms with van der Waals surface area (Å²) in [6.45, 7) is 0. The van der Waals surface area contributed by atoms with Crippen molar-refractivity contribution < 1.29 is 15.0 Å². The molecule has 0 heterocycles. The predicted molar refractivity (Wildman–Crippen MR) is 98.1 cm³/mol. The number of urea groups is 1. The van der Waals surface area contributed by atoms with Crippen molar-refractivity contribution in [1.82, 2.24) is 5.32 Å². The summed E-state index contributed by atoms with van der Waals surface area (Å²) in [5, 5.41) is 25.8. The van der Waals surface area contributed by atoms with Crippen LogP contribution in [0.4, 0.5) is 10.5 Å². The number of hydrogen-bond acceptors (Lipinski definition) is 3. The van der Waals surface area contributed by atoms with E-state index in [0.29, 0.717) is 10.9 Å². The molecule has 0 spiro atoms. The molecule has 6 heteroatoms. The molecule has 1 aliphatic carbocycles. The lowest BCUT2D eigenvalue weighted by Crippen LogP contribution is -2.36. The number of rotatable bonds is 4. The molecule has 0 unspecified atom stereocenters. The van der Waals surface area contributed by atoms with Crippen molar-refractivity contribution in [1.29, 1.82) is 0 Å². The number of para-hydroxylation sites is 1. The Balaban J connectivity index is 1.79. The van der Waals surface area contributed by atoms with Gasteiger partial charge in [-0.1, -0.05) is 42.6 Å². The van der Waals surface area contributed by atoms with Gasteiger partial charge in [0.05, 0.1) is 6.04 Å². The Morgan fingerprint density at radius 2 is 1.72 bits per heavy atom. The number of amides is 2. The molecule has 0 radical (unpaired) electrons. The average molecular weight is 361 g/mol. The number of phenols is 2. The van der Waals surface area contributed by atoms with Gasteiger partial charge in [0, 0.05) is 5.02 Å². The van der Waals surface area contributed by atoms with Gasteiger partial charge in [0.15, 0.2) is 0 Å². The Bertz CT molecular complexity index is 740. The summed E-state index contributed by atoms with van der Waals surface area (Å²) in [6, 6.07) is 11.1. The van der Waals surface area contributed by atoms with Crippen LogP contribution in [0.5, 0.6) is 11.5 Å². The van der Waals surface area contributed by atoms with Crippen LogP contribution in [-0.2, 0) is 0 Å². The highest BCUT2D eigenvalue weighted by Crippen LogP contribution is 2.37. The lowest BCUT2D eigenvalue weighted by atomic mass is 9.92. The normalized spacial score (nSPS) is 15.7. The molecule has 1 fully saturated rings. The third-order valence-corrected chi connectivity index (χ3v) is 4.86. The summed E-state index contributed by atoms with van der Waals surface area (Å²) < 4.78 is 0. The second-order valence-electron chi connectivity index (χ2n) is 6.35. The third-order valence-electron chi connectivity index (χ3n) is 4.62. The van der Waals surface area contributed by atoms with Crippen LogP contribution in [0, 0.1) is 5.92 Å². The number of nitrogens with one attached hydrogen (secondary N) is 2. The van der Waals surface area contributed by atoms with Crippen molar-refractivity contribution in [2.45, 2.75) is 31.7 Å². The highest BCUT2D eigenvalue weighted by Gasteiger charge is 2.28. The minimum atomic E-state index is -0.478. The van der Waals surface area contributed by atoms with Gasteiger partial charge in [-0.05, 0) is 48.6 Å². The van der Waals surface area contributed by atoms with Crippen LogP contribution in [0.2, 0.25) is 5.02 Å². The van der Waals surface area contributed by atoms with Gasteiger partial charge >= 0.3 is 6.03 Å². The van der Waals surface area contributed by atoms with Crippen molar-refractivity contribution in [3.8, 4) is 11.5 Å². The van der Waals surface area contributed by atoms with Crippen molar-refractivity contribution in [2.75, 3.05) is 5.32 Å². The maximum absolute atomic E-state index is 12.5. The zero-order valence-corrected chi connectivity index (χ0v) is 14.5. The summed E-state index contributed by atoms with van der Waals surface area (Å²) in [6.07, 6.45) is 4.37. The topological polar surface area (TPSA) is 81.6 Å². The fourth-order valence-electron chi connectivity index (χ4n) is 3.41. The van der Waals surface area contributed by atoms with E-state index >= 15 is 0 Å². The van der Waals surface area contributed by atoms with Crippen LogP contribution in [0.25, 0.3) is 0 Å². The molecule has 4 N–H and O–H groups in total. The van der Waals surface area contributed by atoms with Crippen LogP contribution in [0.1, 0.15) is 37.3 Å². The molecule has 1 aliphatic rings. The summed E-state index contributed by atoms with van der Waals surface area (Å²) in [4.78, 5) is 12.5. The number of hydrogen-bond donors (Lipinski definition) is 4. The van der Waals surface area contributed by atoms with Crippen LogP contribution in [-0.4, -0.2) is 16.2 Å². The Labute approximate surface area is 151 Å². The number of anilines is 1. The fourth-order valence-corrected chi connectivity index (χ4v) is 3.61. The van der Waals surface area contributed by atoms with Gasteiger partial charge in [0.1, 0.15) is 17.2 Å². The molecule has 5 nitrogen and oxygen atoms in total. The first-order valence-corrected chi connectivity index (χ1v) is 8.76. The molecule has 25 heavy (non-hydrogen) atoms. The quantitative estimate of drug-likeness (QED) is 0.591. The fraction of sp³-hybridized carbons (Fsp3) is 0.316. The van der Waals surface area contributed by atoms with E-state index in [-0.39, 0.29) is 23.2 Å². The van der Waals surface area contributed by atoms with E-state index in [2.05, 4.69) is 10.6 Å². The zero-order valence-electron chi connectivity index (χ0n) is 13.7.